The zero-order valence-corrected chi connectivity index (χ0v) is 8.45. The fourth-order valence-corrected chi connectivity index (χ4v) is 1.16. The molecule has 0 saturated heterocycles. The zero-order valence-electron chi connectivity index (χ0n) is 7.70. The van der Waals surface area contributed by atoms with Crippen molar-refractivity contribution in [1.29, 1.82) is 0 Å². The molecule has 0 bridgehead atoms. The van der Waals surface area contributed by atoms with Crippen LogP contribution in [0.5, 0.6) is 5.75 Å². The molecule has 0 unspecified atom stereocenters. The fourth-order valence-electron chi connectivity index (χ4n) is 0.920. The Morgan fingerprint density at radius 1 is 1.33 bits per heavy atom. The lowest BCUT2D eigenvalue weighted by molar-refractivity contribution is -0.119. The third kappa shape index (κ3) is 3.14. The largest absolute Gasteiger partial charge is 0.482 e. The first-order valence-electron chi connectivity index (χ1n) is 4.01. The van der Waals surface area contributed by atoms with Gasteiger partial charge in [0.15, 0.2) is 6.61 Å². The summed E-state index contributed by atoms with van der Waals surface area (Å²) in [5, 5.41) is 0.201. The molecule has 0 spiro atoms. The van der Waals surface area contributed by atoms with E-state index in [1.807, 2.05) is 0 Å². The van der Waals surface area contributed by atoms with Crippen LogP contribution in [0.25, 0.3) is 0 Å². The van der Waals surface area contributed by atoms with E-state index in [0.29, 0.717) is 0 Å². The summed E-state index contributed by atoms with van der Waals surface area (Å²) in [5.74, 6) is -0.913. The first-order chi connectivity index (χ1) is 7.00. The molecular formula is C9H9ClN2O3. The van der Waals surface area contributed by atoms with Crippen molar-refractivity contribution in [3.05, 3.63) is 28.8 Å². The van der Waals surface area contributed by atoms with Crippen molar-refractivity contribution in [2.75, 3.05) is 6.61 Å². The maximum atomic E-state index is 10.8. The molecule has 0 radical (unpaired) electrons. The van der Waals surface area contributed by atoms with E-state index in [-0.39, 0.29) is 22.9 Å². The molecule has 0 heterocycles. The molecule has 0 atom stereocenters. The standard InChI is InChI=1S/C9H9ClN2O3/c10-6-3-5(9(12)14)1-2-7(6)15-4-8(11)13/h1-3H,4H2,(H2,11,13)(H2,12,14). The summed E-state index contributed by atoms with van der Waals surface area (Å²) in [6.07, 6.45) is 0. The van der Waals surface area contributed by atoms with E-state index in [2.05, 4.69) is 0 Å². The number of hydrogen-bond donors (Lipinski definition) is 2. The van der Waals surface area contributed by atoms with E-state index in [1.54, 1.807) is 0 Å². The van der Waals surface area contributed by atoms with Gasteiger partial charge in [-0.2, -0.15) is 0 Å². The molecule has 2 amide bonds. The molecule has 0 aromatic heterocycles. The van der Waals surface area contributed by atoms with Crippen LogP contribution < -0.4 is 16.2 Å². The molecule has 1 rings (SSSR count). The number of carbonyl (C=O) groups excluding carboxylic acids is 2. The van der Waals surface area contributed by atoms with Crippen molar-refractivity contribution >= 4 is 23.4 Å². The van der Waals surface area contributed by atoms with Crippen LogP contribution in [0.15, 0.2) is 18.2 Å². The van der Waals surface area contributed by atoms with Crippen molar-refractivity contribution in [2.24, 2.45) is 11.5 Å². The minimum atomic E-state index is -0.606. The molecule has 1 aromatic carbocycles. The number of rotatable bonds is 4. The van der Waals surface area contributed by atoms with Gasteiger partial charge in [-0.25, -0.2) is 0 Å². The number of hydrogen-bond acceptors (Lipinski definition) is 3. The lowest BCUT2D eigenvalue weighted by Gasteiger charge is -2.06. The summed E-state index contributed by atoms with van der Waals surface area (Å²) in [6.45, 7) is -0.268. The van der Waals surface area contributed by atoms with Crippen LogP contribution in [0.3, 0.4) is 0 Å². The predicted molar refractivity (Wildman–Crippen MR) is 54.7 cm³/mol. The van der Waals surface area contributed by atoms with E-state index in [9.17, 15) is 9.59 Å². The van der Waals surface area contributed by atoms with E-state index in [0.717, 1.165) is 0 Å². The van der Waals surface area contributed by atoms with Crippen molar-refractivity contribution < 1.29 is 14.3 Å². The van der Waals surface area contributed by atoms with Gasteiger partial charge in [0.1, 0.15) is 5.75 Å². The SMILES string of the molecule is NC(=O)COc1ccc(C(N)=O)cc1Cl. The Kier molecular flexibility index (Phi) is 3.51. The number of amides is 2. The van der Waals surface area contributed by atoms with Crippen molar-refractivity contribution in [1.82, 2.24) is 0 Å². The van der Waals surface area contributed by atoms with Gasteiger partial charge in [-0.1, -0.05) is 11.6 Å². The van der Waals surface area contributed by atoms with Crippen molar-refractivity contribution in [2.45, 2.75) is 0 Å². The molecular weight excluding hydrogens is 220 g/mol. The van der Waals surface area contributed by atoms with Gasteiger partial charge in [-0.15, -0.1) is 0 Å². The maximum absolute atomic E-state index is 10.8. The highest BCUT2D eigenvalue weighted by atomic mass is 35.5. The molecule has 15 heavy (non-hydrogen) atoms. The van der Waals surface area contributed by atoms with Crippen LogP contribution >= 0.6 is 11.6 Å². The third-order valence-electron chi connectivity index (χ3n) is 1.59. The van der Waals surface area contributed by atoms with Gasteiger partial charge in [-0.3, -0.25) is 9.59 Å². The second-order valence-electron chi connectivity index (χ2n) is 2.76. The van der Waals surface area contributed by atoms with Crippen LogP contribution in [0.1, 0.15) is 10.4 Å². The van der Waals surface area contributed by atoms with Gasteiger partial charge >= 0.3 is 0 Å². The second-order valence-corrected chi connectivity index (χ2v) is 3.17. The lowest BCUT2D eigenvalue weighted by Crippen LogP contribution is -2.20. The first kappa shape index (κ1) is 11.3. The molecule has 0 aliphatic heterocycles. The highest BCUT2D eigenvalue weighted by molar-refractivity contribution is 6.32. The highest BCUT2D eigenvalue weighted by Crippen LogP contribution is 2.25. The average molecular weight is 229 g/mol. The van der Waals surface area contributed by atoms with E-state index in [1.165, 1.54) is 18.2 Å². The van der Waals surface area contributed by atoms with Crippen LogP contribution in [0.2, 0.25) is 5.02 Å². The van der Waals surface area contributed by atoms with Gasteiger partial charge in [0.05, 0.1) is 5.02 Å². The minimum absolute atomic E-state index is 0.201. The molecule has 0 aliphatic rings. The van der Waals surface area contributed by atoms with Gasteiger partial charge in [0.25, 0.3) is 5.91 Å². The first-order valence-corrected chi connectivity index (χ1v) is 4.39. The predicted octanol–water partition coefficient (Wildman–Crippen LogP) is 0.303. The summed E-state index contributed by atoms with van der Waals surface area (Å²) in [5.41, 5.74) is 10.2. The summed E-state index contributed by atoms with van der Waals surface area (Å²) in [6, 6.07) is 4.26. The highest BCUT2D eigenvalue weighted by Gasteiger charge is 2.07. The molecule has 80 valence electrons. The average Bonchev–Trinajstić information content (AvgIpc) is 2.15. The normalized spacial score (nSPS) is 9.67. The minimum Gasteiger partial charge on any atom is -0.482 e. The number of benzene rings is 1. The molecule has 0 fully saturated rings. The van der Waals surface area contributed by atoms with E-state index in [4.69, 9.17) is 27.8 Å². The second kappa shape index (κ2) is 4.65. The zero-order chi connectivity index (χ0) is 11.4. The Morgan fingerprint density at radius 3 is 2.47 bits per heavy atom. The monoisotopic (exact) mass is 228 g/mol. The summed E-state index contributed by atoms with van der Waals surface area (Å²) in [4.78, 5) is 21.2. The molecule has 0 aliphatic carbocycles. The molecule has 0 saturated carbocycles. The number of halogens is 1. The van der Waals surface area contributed by atoms with Gasteiger partial charge in [-0.05, 0) is 18.2 Å². The number of ether oxygens (including phenoxy) is 1. The maximum Gasteiger partial charge on any atom is 0.255 e. The lowest BCUT2D eigenvalue weighted by atomic mass is 10.2. The molecule has 1 aromatic rings. The summed E-state index contributed by atoms with van der Waals surface area (Å²) in [7, 11) is 0. The third-order valence-corrected chi connectivity index (χ3v) is 1.88. The smallest absolute Gasteiger partial charge is 0.255 e. The van der Waals surface area contributed by atoms with Gasteiger partial charge in [0.2, 0.25) is 5.91 Å². The topological polar surface area (TPSA) is 95.4 Å². The Hall–Kier alpha value is -1.75. The Bertz CT molecular complexity index is 406. The van der Waals surface area contributed by atoms with Crippen LogP contribution in [0.4, 0.5) is 0 Å². The Balaban J connectivity index is 2.83. The van der Waals surface area contributed by atoms with Crippen molar-refractivity contribution in [3.8, 4) is 5.75 Å². The van der Waals surface area contributed by atoms with Crippen LogP contribution in [-0.2, 0) is 4.79 Å². The van der Waals surface area contributed by atoms with E-state index < -0.39 is 11.8 Å². The van der Waals surface area contributed by atoms with Gasteiger partial charge < -0.3 is 16.2 Å². The summed E-state index contributed by atoms with van der Waals surface area (Å²) < 4.78 is 4.97. The fraction of sp³-hybridized carbons (Fsp3) is 0.111. The summed E-state index contributed by atoms with van der Waals surface area (Å²) >= 11 is 5.77. The quantitative estimate of drug-likeness (QED) is 0.776. The van der Waals surface area contributed by atoms with E-state index >= 15 is 0 Å². The van der Waals surface area contributed by atoms with Crippen LogP contribution in [0, 0.1) is 0 Å². The number of carbonyl (C=O) groups is 2. The van der Waals surface area contributed by atoms with Gasteiger partial charge in [0, 0.05) is 5.56 Å². The van der Waals surface area contributed by atoms with Crippen molar-refractivity contribution in [3.63, 3.8) is 0 Å². The number of primary amides is 2. The molecule has 4 N–H and O–H groups in total. The molecule has 5 nitrogen and oxygen atoms in total. The number of nitrogens with two attached hydrogens (primary N) is 2. The molecule has 6 heteroatoms. The Morgan fingerprint density at radius 2 is 2.00 bits per heavy atom. The van der Waals surface area contributed by atoms with Crippen LogP contribution in [-0.4, -0.2) is 18.4 Å². The Labute approximate surface area is 90.9 Å².